The predicted molar refractivity (Wildman–Crippen MR) is 71.0 cm³/mol. The largest absolute Gasteiger partial charge is 0.263 e. The maximum Gasteiger partial charge on any atom is 0.130 e. The van der Waals surface area contributed by atoms with Gasteiger partial charge in [-0.25, -0.2) is 8.78 Å². The van der Waals surface area contributed by atoms with Crippen LogP contribution in [-0.2, 0) is 6.42 Å². The van der Waals surface area contributed by atoms with Crippen molar-refractivity contribution in [3.8, 4) is 0 Å². The zero-order valence-electron chi connectivity index (χ0n) is 9.21. The van der Waals surface area contributed by atoms with Gasteiger partial charge in [-0.3, -0.25) is 4.98 Å². The van der Waals surface area contributed by atoms with E-state index in [-0.39, 0.29) is 5.56 Å². The molecule has 0 N–H and O–H groups in total. The number of hydrogen-bond acceptors (Lipinski definition) is 1. The third-order valence-electron chi connectivity index (χ3n) is 2.57. The summed E-state index contributed by atoms with van der Waals surface area (Å²) >= 11 is 9.26. The van der Waals surface area contributed by atoms with Crippen LogP contribution in [0.3, 0.4) is 0 Å². The summed E-state index contributed by atoms with van der Waals surface area (Å²) in [5, 5.41) is 0.485. The Morgan fingerprint density at radius 3 is 2.50 bits per heavy atom. The molecule has 0 bridgehead atoms. The van der Waals surface area contributed by atoms with Crippen molar-refractivity contribution in [1.29, 1.82) is 0 Å². The molecule has 0 saturated carbocycles. The highest BCUT2D eigenvalue weighted by Gasteiger charge is 2.18. The second-order valence-electron chi connectivity index (χ2n) is 3.77. The molecule has 1 unspecified atom stereocenters. The molecule has 2 rings (SSSR count). The van der Waals surface area contributed by atoms with Crippen LogP contribution < -0.4 is 0 Å². The molecule has 0 spiro atoms. The fourth-order valence-corrected chi connectivity index (χ4v) is 2.66. The van der Waals surface area contributed by atoms with Gasteiger partial charge in [0.1, 0.15) is 11.6 Å². The van der Waals surface area contributed by atoms with Crippen LogP contribution in [0.15, 0.2) is 36.7 Å². The summed E-state index contributed by atoms with van der Waals surface area (Å²) in [5.41, 5.74) is 0.807. The van der Waals surface area contributed by atoms with Gasteiger partial charge in [0.15, 0.2) is 0 Å². The summed E-state index contributed by atoms with van der Waals surface area (Å²) in [4.78, 5) is 3.39. The normalized spacial score (nSPS) is 12.4. The molecule has 0 aliphatic rings. The van der Waals surface area contributed by atoms with Crippen molar-refractivity contribution in [3.05, 3.63) is 64.4 Å². The Balaban J connectivity index is 2.28. The monoisotopic (exact) mass is 331 g/mol. The Labute approximate surface area is 117 Å². The minimum absolute atomic E-state index is 0.0189. The van der Waals surface area contributed by atoms with E-state index in [9.17, 15) is 8.78 Å². The first kappa shape index (κ1) is 13.4. The minimum atomic E-state index is -0.568. The molecule has 0 aliphatic carbocycles. The van der Waals surface area contributed by atoms with E-state index in [1.807, 2.05) is 0 Å². The van der Waals surface area contributed by atoms with E-state index in [1.165, 1.54) is 24.4 Å². The second kappa shape index (κ2) is 5.76. The third kappa shape index (κ3) is 2.87. The molecule has 2 aromatic rings. The van der Waals surface area contributed by atoms with Crippen LogP contribution in [0.4, 0.5) is 8.78 Å². The van der Waals surface area contributed by atoms with Gasteiger partial charge in [-0.1, -0.05) is 33.6 Å². The molecule has 0 aliphatic heterocycles. The Morgan fingerprint density at radius 1 is 1.22 bits per heavy atom. The molecule has 0 saturated heterocycles. The van der Waals surface area contributed by atoms with Gasteiger partial charge in [-0.05, 0) is 30.2 Å². The van der Waals surface area contributed by atoms with Gasteiger partial charge >= 0.3 is 0 Å². The van der Waals surface area contributed by atoms with Crippen LogP contribution in [0.1, 0.15) is 16.0 Å². The SMILES string of the molecule is Fc1cccc(F)c1C(Br)Cc1ccncc1Cl. The summed E-state index contributed by atoms with van der Waals surface area (Å²) in [6, 6.07) is 5.55. The highest BCUT2D eigenvalue weighted by atomic mass is 79.9. The summed E-state index contributed by atoms with van der Waals surface area (Å²) < 4.78 is 27.2. The van der Waals surface area contributed by atoms with Crippen molar-refractivity contribution in [3.63, 3.8) is 0 Å². The smallest absolute Gasteiger partial charge is 0.130 e. The van der Waals surface area contributed by atoms with Crippen LogP contribution in [0.2, 0.25) is 5.02 Å². The molecule has 1 aromatic heterocycles. The number of alkyl halides is 1. The molecule has 1 heterocycles. The van der Waals surface area contributed by atoms with E-state index in [0.717, 1.165) is 5.56 Å². The fourth-order valence-electron chi connectivity index (χ4n) is 1.67. The summed E-state index contributed by atoms with van der Waals surface area (Å²) in [6.45, 7) is 0. The molecule has 1 nitrogen and oxygen atoms in total. The molecule has 0 amide bonds. The lowest BCUT2D eigenvalue weighted by molar-refractivity contribution is 0.553. The topological polar surface area (TPSA) is 12.9 Å². The standard InChI is InChI=1S/C13H9BrClF2N/c14-9(6-8-4-5-18-7-10(8)15)13-11(16)2-1-3-12(13)17/h1-5,7,9H,6H2. The summed E-state index contributed by atoms with van der Waals surface area (Å²) in [5.74, 6) is -1.14. The molecule has 0 radical (unpaired) electrons. The maximum atomic E-state index is 13.6. The minimum Gasteiger partial charge on any atom is -0.263 e. The molecule has 1 aromatic carbocycles. The first-order chi connectivity index (χ1) is 8.59. The van der Waals surface area contributed by atoms with Gasteiger partial charge in [-0.15, -0.1) is 0 Å². The quantitative estimate of drug-likeness (QED) is 0.743. The number of rotatable bonds is 3. The van der Waals surface area contributed by atoms with Crippen molar-refractivity contribution in [2.45, 2.75) is 11.2 Å². The maximum absolute atomic E-state index is 13.6. The molecule has 18 heavy (non-hydrogen) atoms. The summed E-state index contributed by atoms with van der Waals surface area (Å²) in [6.07, 6.45) is 3.49. The molecule has 1 atom stereocenters. The van der Waals surface area contributed by atoms with Gasteiger partial charge < -0.3 is 0 Å². The lowest BCUT2D eigenvalue weighted by atomic mass is 10.0. The number of hydrogen-bond donors (Lipinski definition) is 0. The van der Waals surface area contributed by atoms with Crippen LogP contribution in [0.25, 0.3) is 0 Å². The Morgan fingerprint density at radius 2 is 1.89 bits per heavy atom. The van der Waals surface area contributed by atoms with E-state index in [1.54, 1.807) is 12.3 Å². The molecule has 94 valence electrons. The fraction of sp³-hybridized carbons (Fsp3) is 0.154. The Bertz CT molecular complexity index is 542. The van der Waals surface area contributed by atoms with Crippen molar-refractivity contribution >= 4 is 27.5 Å². The predicted octanol–water partition coefficient (Wildman–Crippen LogP) is 4.69. The van der Waals surface area contributed by atoms with Crippen molar-refractivity contribution in [2.75, 3.05) is 0 Å². The first-order valence-electron chi connectivity index (χ1n) is 5.26. The lowest BCUT2D eigenvalue weighted by Crippen LogP contribution is -2.02. The molecular weight excluding hydrogens is 324 g/mol. The molecular formula is C13H9BrClF2N. The van der Waals surface area contributed by atoms with E-state index in [0.29, 0.717) is 11.4 Å². The van der Waals surface area contributed by atoms with Crippen LogP contribution in [0, 0.1) is 11.6 Å². The van der Waals surface area contributed by atoms with Gasteiger partial charge in [0, 0.05) is 22.8 Å². The van der Waals surface area contributed by atoms with E-state index < -0.39 is 16.5 Å². The van der Waals surface area contributed by atoms with Gasteiger partial charge in [0.25, 0.3) is 0 Å². The molecule has 5 heteroatoms. The van der Waals surface area contributed by atoms with Crippen LogP contribution >= 0.6 is 27.5 Å². The summed E-state index contributed by atoms with van der Waals surface area (Å²) in [7, 11) is 0. The highest BCUT2D eigenvalue weighted by Crippen LogP contribution is 2.32. The van der Waals surface area contributed by atoms with E-state index in [2.05, 4.69) is 20.9 Å². The first-order valence-corrected chi connectivity index (χ1v) is 6.55. The second-order valence-corrected chi connectivity index (χ2v) is 5.29. The van der Waals surface area contributed by atoms with E-state index in [4.69, 9.17) is 11.6 Å². The third-order valence-corrected chi connectivity index (χ3v) is 3.69. The van der Waals surface area contributed by atoms with Gasteiger partial charge in [-0.2, -0.15) is 0 Å². The lowest BCUT2D eigenvalue weighted by Gasteiger charge is -2.13. The van der Waals surface area contributed by atoms with Crippen molar-refractivity contribution in [2.24, 2.45) is 0 Å². The zero-order valence-corrected chi connectivity index (χ0v) is 11.5. The zero-order chi connectivity index (χ0) is 13.1. The Kier molecular flexibility index (Phi) is 4.30. The average Bonchev–Trinajstić information content (AvgIpc) is 2.32. The number of aromatic nitrogens is 1. The van der Waals surface area contributed by atoms with Crippen molar-refractivity contribution in [1.82, 2.24) is 4.98 Å². The van der Waals surface area contributed by atoms with Crippen LogP contribution in [-0.4, -0.2) is 4.98 Å². The number of benzene rings is 1. The average molecular weight is 333 g/mol. The van der Waals surface area contributed by atoms with Gasteiger partial charge in [0.05, 0.1) is 5.02 Å². The number of halogens is 4. The number of nitrogens with zero attached hydrogens (tertiary/aromatic N) is 1. The van der Waals surface area contributed by atoms with Gasteiger partial charge in [0.2, 0.25) is 0 Å². The van der Waals surface area contributed by atoms with Crippen molar-refractivity contribution < 1.29 is 8.78 Å². The Hall–Kier alpha value is -1.00. The molecule has 0 fully saturated rings. The van der Waals surface area contributed by atoms with Crippen LogP contribution in [0.5, 0.6) is 0 Å². The van der Waals surface area contributed by atoms with E-state index >= 15 is 0 Å². The highest BCUT2D eigenvalue weighted by molar-refractivity contribution is 9.09. The number of pyridine rings is 1.